The maximum absolute atomic E-state index is 13.0. The fourth-order valence-electron chi connectivity index (χ4n) is 1.87. The molecule has 0 aliphatic rings. The number of aliphatic hydroxyl groups excluding tert-OH is 2. The molecule has 0 fully saturated rings. The molecule has 1 aromatic rings. The van der Waals surface area contributed by atoms with Gasteiger partial charge < -0.3 is 10.2 Å². The molecule has 0 saturated heterocycles. The number of halogens is 4. The van der Waals surface area contributed by atoms with Gasteiger partial charge in [-0.05, 0) is 24.1 Å². The van der Waals surface area contributed by atoms with Crippen LogP contribution in [0.1, 0.15) is 18.1 Å². The van der Waals surface area contributed by atoms with Gasteiger partial charge in [0.05, 0.1) is 19.3 Å². The van der Waals surface area contributed by atoms with Crippen LogP contribution in [0.15, 0.2) is 18.2 Å². The van der Waals surface area contributed by atoms with E-state index in [1.807, 2.05) is 0 Å². The van der Waals surface area contributed by atoms with Crippen LogP contribution in [0.3, 0.4) is 0 Å². The fourth-order valence-corrected chi connectivity index (χ4v) is 1.87. The van der Waals surface area contributed by atoms with Crippen LogP contribution in [0, 0.1) is 11.6 Å². The molecule has 0 aliphatic carbocycles. The highest BCUT2D eigenvalue weighted by Gasteiger charge is 2.15. The van der Waals surface area contributed by atoms with Gasteiger partial charge >= 0.3 is 0 Å². The monoisotopic (exact) mass is 295 g/mol. The van der Waals surface area contributed by atoms with Crippen LogP contribution in [0.25, 0.3) is 0 Å². The van der Waals surface area contributed by atoms with Gasteiger partial charge in [-0.2, -0.15) is 0 Å². The van der Waals surface area contributed by atoms with Gasteiger partial charge in [0, 0.05) is 19.2 Å². The third-order valence-electron chi connectivity index (χ3n) is 2.80. The molecule has 0 aromatic heterocycles. The Kier molecular flexibility index (Phi) is 6.90. The summed E-state index contributed by atoms with van der Waals surface area (Å²) in [4.78, 5) is 1.28. The van der Waals surface area contributed by atoms with Crippen molar-refractivity contribution < 1.29 is 27.8 Å². The minimum absolute atomic E-state index is 0.0373. The minimum Gasteiger partial charge on any atom is -0.395 e. The summed E-state index contributed by atoms with van der Waals surface area (Å²) >= 11 is 0. The van der Waals surface area contributed by atoms with Gasteiger partial charge in [-0.1, -0.05) is 0 Å². The van der Waals surface area contributed by atoms with Crippen LogP contribution < -0.4 is 0 Å². The first-order valence-electron chi connectivity index (χ1n) is 6.17. The predicted octanol–water partition coefficient (Wildman–Crippen LogP) is 1.95. The third kappa shape index (κ3) is 5.85. The molecule has 7 heteroatoms. The standard InChI is InChI=1S/C13H17F4NO2/c14-10-5-9(6-11(15)7-10)12(20)1-2-18(3-4-19)8-13(16)17/h5-7,12-13,19-20H,1-4,8H2. The van der Waals surface area contributed by atoms with E-state index < -0.39 is 30.7 Å². The number of nitrogens with zero attached hydrogens (tertiary/aromatic N) is 1. The van der Waals surface area contributed by atoms with Crippen molar-refractivity contribution in [1.82, 2.24) is 4.90 Å². The van der Waals surface area contributed by atoms with E-state index in [-0.39, 0.29) is 31.7 Å². The number of hydrogen-bond acceptors (Lipinski definition) is 3. The average molecular weight is 295 g/mol. The van der Waals surface area contributed by atoms with Gasteiger partial charge in [-0.15, -0.1) is 0 Å². The summed E-state index contributed by atoms with van der Waals surface area (Å²) in [6.45, 7) is -0.666. The van der Waals surface area contributed by atoms with Crippen LogP contribution >= 0.6 is 0 Å². The van der Waals surface area contributed by atoms with E-state index in [4.69, 9.17) is 5.11 Å². The molecule has 0 bridgehead atoms. The number of hydrogen-bond donors (Lipinski definition) is 2. The normalized spacial score (nSPS) is 13.2. The molecule has 2 N–H and O–H groups in total. The lowest BCUT2D eigenvalue weighted by molar-refractivity contribution is 0.0660. The topological polar surface area (TPSA) is 43.7 Å². The van der Waals surface area contributed by atoms with Crippen molar-refractivity contribution in [3.63, 3.8) is 0 Å². The van der Waals surface area contributed by atoms with Gasteiger partial charge in [0.1, 0.15) is 11.6 Å². The molecule has 1 aromatic carbocycles. The third-order valence-corrected chi connectivity index (χ3v) is 2.80. The second-order valence-corrected chi connectivity index (χ2v) is 4.42. The molecular formula is C13H17F4NO2. The van der Waals surface area contributed by atoms with Gasteiger partial charge in [0.2, 0.25) is 0 Å². The Balaban J connectivity index is 2.57. The number of aliphatic hydroxyl groups is 2. The molecule has 0 amide bonds. The number of rotatable bonds is 8. The molecule has 0 heterocycles. The van der Waals surface area contributed by atoms with Crippen molar-refractivity contribution in [2.75, 3.05) is 26.2 Å². The second kappa shape index (κ2) is 8.18. The average Bonchev–Trinajstić information content (AvgIpc) is 2.34. The molecule has 1 unspecified atom stereocenters. The maximum Gasteiger partial charge on any atom is 0.251 e. The van der Waals surface area contributed by atoms with Crippen molar-refractivity contribution in [3.8, 4) is 0 Å². The Morgan fingerprint density at radius 2 is 1.65 bits per heavy atom. The molecular weight excluding hydrogens is 278 g/mol. The van der Waals surface area contributed by atoms with E-state index in [1.165, 1.54) is 4.90 Å². The Bertz CT molecular complexity index is 397. The van der Waals surface area contributed by atoms with E-state index in [2.05, 4.69) is 0 Å². The number of benzene rings is 1. The van der Waals surface area contributed by atoms with E-state index in [0.717, 1.165) is 12.1 Å². The van der Waals surface area contributed by atoms with Crippen LogP contribution in [-0.2, 0) is 0 Å². The zero-order valence-electron chi connectivity index (χ0n) is 10.8. The van der Waals surface area contributed by atoms with Crippen molar-refractivity contribution in [1.29, 1.82) is 0 Å². The highest BCUT2D eigenvalue weighted by Crippen LogP contribution is 2.19. The van der Waals surface area contributed by atoms with E-state index in [9.17, 15) is 22.7 Å². The molecule has 1 atom stereocenters. The first kappa shape index (κ1) is 16.9. The van der Waals surface area contributed by atoms with Gasteiger partial charge in [-0.25, -0.2) is 17.6 Å². The lowest BCUT2D eigenvalue weighted by Gasteiger charge is -2.22. The fraction of sp³-hybridized carbons (Fsp3) is 0.538. The summed E-state index contributed by atoms with van der Waals surface area (Å²) in [5, 5.41) is 18.6. The van der Waals surface area contributed by atoms with E-state index >= 15 is 0 Å². The molecule has 114 valence electrons. The van der Waals surface area contributed by atoms with Crippen LogP contribution in [-0.4, -0.2) is 47.8 Å². The van der Waals surface area contributed by atoms with Gasteiger partial charge in [0.25, 0.3) is 6.43 Å². The Hall–Kier alpha value is -1.18. The maximum atomic E-state index is 13.0. The highest BCUT2D eigenvalue weighted by atomic mass is 19.3. The summed E-state index contributed by atoms with van der Waals surface area (Å²) in [5.41, 5.74) is 0.0588. The molecule has 1 rings (SSSR count). The van der Waals surface area contributed by atoms with E-state index in [1.54, 1.807) is 0 Å². The molecule has 0 aliphatic heterocycles. The van der Waals surface area contributed by atoms with Crippen LogP contribution in [0.2, 0.25) is 0 Å². The zero-order valence-corrected chi connectivity index (χ0v) is 10.8. The Labute approximate surface area is 114 Å². The minimum atomic E-state index is -2.55. The lowest BCUT2D eigenvalue weighted by atomic mass is 10.1. The quantitative estimate of drug-likeness (QED) is 0.720. The van der Waals surface area contributed by atoms with Crippen molar-refractivity contribution in [2.45, 2.75) is 19.0 Å². The molecule has 3 nitrogen and oxygen atoms in total. The van der Waals surface area contributed by atoms with Crippen LogP contribution in [0.5, 0.6) is 0 Å². The van der Waals surface area contributed by atoms with Gasteiger partial charge in [-0.3, -0.25) is 4.90 Å². The molecule has 0 radical (unpaired) electrons. The zero-order chi connectivity index (χ0) is 15.1. The summed E-state index contributed by atoms with van der Waals surface area (Å²) in [7, 11) is 0. The first-order valence-corrected chi connectivity index (χ1v) is 6.17. The van der Waals surface area contributed by atoms with Crippen molar-refractivity contribution in [2.24, 2.45) is 0 Å². The summed E-state index contributed by atoms with van der Waals surface area (Å²) in [6.07, 6.45) is -3.67. The predicted molar refractivity (Wildman–Crippen MR) is 65.5 cm³/mol. The largest absolute Gasteiger partial charge is 0.395 e. The smallest absolute Gasteiger partial charge is 0.251 e. The second-order valence-electron chi connectivity index (χ2n) is 4.42. The molecule has 20 heavy (non-hydrogen) atoms. The van der Waals surface area contributed by atoms with Crippen molar-refractivity contribution >= 4 is 0 Å². The highest BCUT2D eigenvalue weighted by molar-refractivity contribution is 5.20. The van der Waals surface area contributed by atoms with Crippen molar-refractivity contribution in [3.05, 3.63) is 35.4 Å². The first-order chi connectivity index (χ1) is 9.42. The Morgan fingerprint density at radius 1 is 1.05 bits per heavy atom. The summed E-state index contributed by atoms with van der Waals surface area (Å²) in [5.74, 6) is -1.61. The molecule has 0 saturated carbocycles. The molecule has 0 spiro atoms. The summed E-state index contributed by atoms with van der Waals surface area (Å²) < 4.78 is 50.5. The van der Waals surface area contributed by atoms with Gasteiger partial charge in [0.15, 0.2) is 0 Å². The number of alkyl halides is 2. The van der Waals surface area contributed by atoms with E-state index in [0.29, 0.717) is 6.07 Å². The lowest BCUT2D eigenvalue weighted by Crippen LogP contribution is -2.33. The Morgan fingerprint density at radius 3 is 2.15 bits per heavy atom. The summed E-state index contributed by atoms with van der Waals surface area (Å²) in [6, 6.07) is 2.68. The SMILES string of the molecule is OCCN(CCC(O)c1cc(F)cc(F)c1)CC(F)F. The van der Waals surface area contributed by atoms with Crippen LogP contribution in [0.4, 0.5) is 17.6 Å².